The summed E-state index contributed by atoms with van der Waals surface area (Å²) in [5, 5.41) is 0.560. The molecule has 0 saturated carbocycles. The monoisotopic (exact) mass is 377 g/mol. The zero-order valence-corrected chi connectivity index (χ0v) is 15.7. The summed E-state index contributed by atoms with van der Waals surface area (Å²) in [5.74, 6) is 0.0624. The van der Waals surface area contributed by atoms with Crippen LogP contribution in [0, 0.1) is 5.92 Å². The second-order valence-corrected chi connectivity index (χ2v) is 7.13. The number of para-hydroxylation sites is 2. The maximum absolute atomic E-state index is 12.4. The molecule has 1 fully saturated rings. The number of hydrogen-bond donors (Lipinski definition) is 0. The lowest BCUT2D eigenvalue weighted by Gasteiger charge is -2.18. The van der Waals surface area contributed by atoms with E-state index in [1.807, 2.05) is 30.3 Å². The van der Waals surface area contributed by atoms with Gasteiger partial charge in [0.25, 0.3) is 5.56 Å². The fraction of sp³-hybridized carbons (Fsp3) is 0.318. The van der Waals surface area contributed by atoms with Gasteiger partial charge in [0.1, 0.15) is 0 Å². The van der Waals surface area contributed by atoms with E-state index in [4.69, 9.17) is 4.74 Å². The molecular formula is C22H23N3O3. The van der Waals surface area contributed by atoms with Gasteiger partial charge in [0, 0.05) is 31.2 Å². The molecule has 1 aliphatic heterocycles. The minimum atomic E-state index is -0.279. The van der Waals surface area contributed by atoms with Crippen molar-refractivity contribution in [1.82, 2.24) is 9.55 Å². The van der Waals surface area contributed by atoms with Crippen molar-refractivity contribution in [3.8, 4) is 0 Å². The van der Waals surface area contributed by atoms with Gasteiger partial charge in [-0.25, -0.2) is 4.98 Å². The van der Waals surface area contributed by atoms with Crippen LogP contribution in [0.4, 0.5) is 5.69 Å². The number of anilines is 1. The first-order chi connectivity index (χ1) is 13.7. The van der Waals surface area contributed by atoms with Crippen LogP contribution >= 0.6 is 0 Å². The third-order valence-corrected chi connectivity index (χ3v) is 5.18. The van der Waals surface area contributed by atoms with Gasteiger partial charge >= 0.3 is 5.97 Å². The Morgan fingerprint density at radius 3 is 2.75 bits per heavy atom. The summed E-state index contributed by atoms with van der Waals surface area (Å²) in [6.45, 7) is 2.57. The molecule has 0 aliphatic carbocycles. The predicted molar refractivity (Wildman–Crippen MR) is 108 cm³/mol. The van der Waals surface area contributed by atoms with Crippen molar-refractivity contribution in [2.45, 2.75) is 19.4 Å². The minimum absolute atomic E-state index is 0.132. The van der Waals surface area contributed by atoms with E-state index < -0.39 is 0 Å². The highest BCUT2D eigenvalue weighted by Gasteiger charge is 2.23. The van der Waals surface area contributed by atoms with Crippen molar-refractivity contribution in [1.29, 1.82) is 0 Å². The fourth-order valence-electron chi connectivity index (χ4n) is 3.60. The molecule has 1 saturated heterocycles. The lowest BCUT2D eigenvalue weighted by molar-refractivity contribution is -0.145. The van der Waals surface area contributed by atoms with Crippen LogP contribution in [0.5, 0.6) is 0 Å². The zero-order valence-electron chi connectivity index (χ0n) is 15.7. The summed E-state index contributed by atoms with van der Waals surface area (Å²) in [7, 11) is 0. The van der Waals surface area contributed by atoms with E-state index in [2.05, 4.69) is 22.0 Å². The Labute approximate surface area is 163 Å². The molecule has 144 valence electrons. The van der Waals surface area contributed by atoms with Gasteiger partial charge < -0.3 is 9.64 Å². The van der Waals surface area contributed by atoms with Gasteiger partial charge in [-0.2, -0.15) is 0 Å². The molecule has 0 bridgehead atoms. The van der Waals surface area contributed by atoms with E-state index in [0.717, 1.165) is 19.5 Å². The molecule has 0 N–H and O–H groups in total. The second kappa shape index (κ2) is 8.25. The molecule has 0 spiro atoms. The molecule has 2 aromatic carbocycles. The van der Waals surface area contributed by atoms with Gasteiger partial charge in [-0.05, 0) is 30.7 Å². The summed E-state index contributed by atoms with van der Waals surface area (Å²) in [4.78, 5) is 31.2. The molecule has 1 aromatic heterocycles. The molecule has 0 amide bonds. The first-order valence-corrected chi connectivity index (χ1v) is 9.60. The quantitative estimate of drug-likeness (QED) is 0.618. The zero-order chi connectivity index (χ0) is 19.3. The first-order valence-electron chi connectivity index (χ1n) is 9.60. The van der Waals surface area contributed by atoms with Crippen molar-refractivity contribution in [3.63, 3.8) is 0 Å². The molecule has 2 heterocycles. The van der Waals surface area contributed by atoms with E-state index >= 15 is 0 Å². The summed E-state index contributed by atoms with van der Waals surface area (Å²) < 4.78 is 6.93. The number of benzene rings is 2. The molecule has 6 heteroatoms. The summed E-state index contributed by atoms with van der Waals surface area (Å²) in [5.41, 5.74) is 1.74. The van der Waals surface area contributed by atoms with Gasteiger partial charge in [0.15, 0.2) is 0 Å². The lowest BCUT2D eigenvalue weighted by Crippen LogP contribution is -2.24. The van der Waals surface area contributed by atoms with Crippen LogP contribution in [0.25, 0.3) is 10.9 Å². The van der Waals surface area contributed by atoms with Crippen LogP contribution in [0.15, 0.2) is 65.7 Å². The average Bonchev–Trinajstić information content (AvgIpc) is 3.22. The Kier molecular flexibility index (Phi) is 5.37. The van der Waals surface area contributed by atoms with Crippen molar-refractivity contribution in [2.24, 2.45) is 5.92 Å². The normalized spacial score (nSPS) is 16.4. The number of carbonyl (C=O) groups excluding carboxylic acids is 1. The topological polar surface area (TPSA) is 64.4 Å². The van der Waals surface area contributed by atoms with E-state index in [1.54, 1.807) is 12.1 Å². The van der Waals surface area contributed by atoms with Crippen molar-refractivity contribution < 1.29 is 9.53 Å². The van der Waals surface area contributed by atoms with Gasteiger partial charge in [-0.3, -0.25) is 14.2 Å². The maximum atomic E-state index is 12.4. The summed E-state index contributed by atoms with van der Waals surface area (Å²) in [6.07, 6.45) is 2.66. The van der Waals surface area contributed by atoms with Crippen LogP contribution in [0.2, 0.25) is 0 Å². The largest absolute Gasteiger partial charge is 0.465 e. The predicted octanol–water partition coefficient (Wildman–Crippen LogP) is 2.86. The SMILES string of the molecule is O=C(CCn1cnc2ccccc2c1=O)OCC1CCN(c2ccccc2)C1. The summed E-state index contributed by atoms with van der Waals surface area (Å²) >= 11 is 0. The maximum Gasteiger partial charge on any atom is 0.307 e. The molecule has 28 heavy (non-hydrogen) atoms. The van der Waals surface area contributed by atoms with Crippen LogP contribution in [-0.4, -0.2) is 35.2 Å². The number of esters is 1. The second-order valence-electron chi connectivity index (χ2n) is 7.13. The highest BCUT2D eigenvalue weighted by Crippen LogP contribution is 2.23. The van der Waals surface area contributed by atoms with Gasteiger partial charge in [-0.15, -0.1) is 0 Å². The highest BCUT2D eigenvalue weighted by atomic mass is 16.5. The molecule has 4 rings (SSSR count). The Bertz CT molecular complexity index is 1020. The molecule has 1 aliphatic rings. The van der Waals surface area contributed by atoms with Crippen LogP contribution in [0.3, 0.4) is 0 Å². The van der Waals surface area contributed by atoms with E-state index in [9.17, 15) is 9.59 Å². The number of carbonyl (C=O) groups is 1. The molecule has 1 unspecified atom stereocenters. The fourth-order valence-corrected chi connectivity index (χ4v) is 3.60. The van der Waals surface area contributed by atoms with Crippen molar-refractivity contribution in [2.75, 3.05) is 24.6 Å². The first kappa shape index (κ1) is 18.2. The molecule has 0 radical (unpaired) electrons. The third-order valence-electron chi connectivity index (χ3n) is 5.18. The van der Waals surface area contributed by atoms with E-state index in [1.165, 1.54) is 16.6 Å². The number of rotatable bonds is 6. The Balaban J connectivity index is 1.27. The Hall–Kier alpha value is -3.15. The third kappa shape index (κ3) is 4.06. The number of hydrogen-bond acceptors (Lipinski definition) is 5. The van der Waals surface area contributed by atoms with E-state index in [-0.39, 0.29) is 24.5 Å². The van der Waals surface area contributed by atoms with E-state index in [0.29, 0.717) is 23.4 Å². The van der Waals surface area contributed by atoms with Gasteiger partial charge in [0.2, 0.25) is 0 Å². The molecule has 3 aromatic rings. The van der Waals surface area contributed by atoms with Gasteiger partial charge in [0.05, 0.1) is 30.3 Å². The number of nitrogens with zero attached hydrogens (tertiary/aromatic N) is 3. The average molecular weight is 377 g/mol. The van der Waals surface area contributed by atoms with Gasteiger partial charge in [-0.1, -0.05) is 30.3 Å². The van der Waals surface area contributed by atoms with Crippen molar-refractivity contribution in [3.05, 3.63) is 71.3 Å². The van der Waals surface area contributed by atoms with Crippen LogP contribution < -0.4 is 10.5 Å². The standard InChI is InChI=1S/C22H23N3O3/c26-21(11-13-25-16-23-20-9-5-4-8-19(20)22(25)27)28-15-17-10-12-24(14-17)18-6-2-1-3-7-18/h1-9,16-17H,10-15H2. The molecular weight excluding hydrogens is 354 g/mol. The minimum Gasteiger partial charge on any atom is -0.465 e. The van der Waals surface area contributed by atoms with Crippen molar-refractivity contribution >= 4 is 22.6 Å². The smallest absolute Gasteiger partial charge is 0.307 e. The van der Waals surface area contributed by atoms with Crippen LogP contribution in [-0.2, 0) is 16.1 Å². The number of fused-ring (bicyclic) bond motifs is 1. The highest BCUT2D eigenvalue weighted by molar-refractivity contribution is 5.77. The number of aromatic nitrogens is 2. The molecule has 6 nitrogen and oxygen atoms in total. The lowest BCUT2D eigenvalue weighted by atomic mass is 10.1. The Morgan fingerprint density at radius 1 is 1.11 bits per heavy atom. The summed E-state index contributed by atoms with van der Waals surface area (Å²) in [6, 6.07) is 17.5. The molecule has 1 atom stereocenters. The number of aryl methyl sites for hydroxylation is 1. The number of ether oxygens (including phenoxy) is 1. The Morgan fingerprint density at radius 2 is 1.89 bits per heavy atom. The van der Waals surface area contributed by atoms with Crippen LogP contribution in [0.1, 0.15) is 12.8 Å².